The summed E-state index contributed by atoms with van der Waals surface area (Å²) in [7, 11) is 1.83. The molecule has 2 N–H and O–H groups in total. The van der Waals surface area contributed by atoms with E-state index in [1.54, 1.807) is 10.6 Å². The van der Waals surface area contributed by atoms with Crippen molar-refractivity contribution in [2.24, 2.45) is 7.05 Å². The van der Waals surface area contributed by atoms with Gasteiger partial charge in [0.05, 0.1) is 11.8 Å². The number of rotatable bonds is 8. The molecule has 3 aromatic rings. The highest BCUT2D eigenvalue weighted by Gasteiger charge is 2.19. The van der Waals surface area contributed by atoms with Crippen LogP contribution in [0.1, 0.15) is 60.0 Å². The van der Waals surface area contributed by atoms with Crippen LogP contribution in [-0.2, 0) is 11.8 Å². The summed E-state index contributed by atoms with van der Waals surface area (Å²) in [6.07, 6.45) is 0. The quantitative estimate of drug-likeness (QED) is 0.390. The lowest BCUT2D eigenvalue weighted by molar-refractivity contribution is -0.113. The van der Waals surface area contributed by atoms with Gasteiger partial charge in [0, 0.05) is 22.8 Å². The fraction of sp³-hybridized carbons (Fsp3) is 0.333. The Morgan fingerprint density at radius 1 is 1.12 bits per heavy atom. The number of aryl methyl sites for hydroxylation is 1. The van der Waals surface area contributed by atoms with Crippen LogP contribution < -0.4 is 10.6 Å². The van der Waals surface area contributed by atoms with Crippen molar-refractivity contribution in [3.63, 3.8) is 0 Å². The third-order valence-corrected chi connectivity index (χ3v) is 6.64. The molecule has 0 aliphatic rings. The first kappa shape index (κ1) is 25.0. The minimum Gasteiger partial charge on any atom is -0.342 e. The van der Waals surface area contributed by atoms with Gasteiger partial charge < -0.3 is 15.2 Å². The maximum atomic E-state index is 12.6. The number of thioether (sulfide) groups is 1. The standard InChI is InChI=1S/C24H28BrN5O2S/c1-14(2)19-12-18(25)9-10-20(19)27-21(31)13-33-24-29-28-22(30(24)5)16(4)26-23(32)17-8-6-7-15(3)11-17/h6-12,14,16H,13H2,1-5H3,(H,26,32)(H,27,31)/t16-/m1/s1. The zero-order chi connectivity index (χ0) is 24.1. The fourth-order valence-corrected chi connectivity index (χ4v) is 4.50. The molecule has 1 atom stereocenters. The van der Waals surface area contributed by atoms with Crippen molar-refractivity contribution < 1.29 is 9.59 Å². The highest BCUT2D eigenvalue weighted by atomic mass is 79.9. The average Bonchev–Trinajstić information content (AvgIpc) is 3.13. The number of amides is 2. The Kier molecular flexibility index (Phi) is 8.31. The van der Waals surface area contributed by atoms with E-state index in [2.05, 4.69) is 50.6 Å². The molecule has 3 rings (SSSR count). The molecule has 1 aromatic heterocycles. The predicted octanol–water partition coefficient (Wildman–Crippen LogP) is 5.23. The zero-order valence-corrected chi connectivity index (χ0v) is 21.8. The van der Waals surface area contributed by atoms with E-state index in [0.29, 0.717) is 16.5 Å². The summed E-state index contributed by atoms with van der Waals surface area (Å²) < 4.78 is 2.78. The van der Waals surface area contributed by atoms with Gasteiger partial charge in [-0.25, -0.2) is 0 Å². The molecule has 33 heavy (non-hydrogen) atoms. The number of carbonyl (C=O) groups excluding carboxylic acids is 2. The molecule has 0 unspecified atom stereocenters. The van der Waals surface area contributed by atoms with Crippen LogP contribution in [0.2, 0.25) is 0 Å². The molecular formula is C24H28BrN5O2S. The van der Waals surface area contributed by atoms with Gasteiger partial charge in [-0.15, -0.1) is 10.2 Å². The van der Waals surface area contributed by atoms with Crippen LogP contribution in [0.4, 0.5) is 5.69 Å². The van der Waals surface area contributed by atoms with Crippen LogP contribution in [0.15, 0.2) is 52.1 Å². The number of nitrogens with one attached hydrogen (secondary N) is 2. The van der Waals surface area contributed by atoms with Gasteiger partial charge in [0.15, 0.2) is 11.0 Å². The largest absolute Gasteiger partial charge is 0.342 e. The van der Waals surface area contributed by atoms with Crippen molar-refractivity contribution in [1.29, 1.82) is 0 Å². The first-order valence-corrected chi connectivity index (χ1v) is 12.4. The Morgan fingerprint density at radius 2 is 1.88 bits per heavy atom. The van der Waals surface area contributed by atoms with Gasteiger partial charge in [-0.1, -0.05) is 59.2 Å². The van der Waals surface area contributed by atoms with Gasteiger partial charge in [-0.2, -0.15) is 0 Å². The molecule has 0 spiro atoms. The molecule has 0 bridgehead atoms. The normalized spacial score (nSPS) is 12.0. The maximum Gasteiger partial charge on any atom is 0.251 e. The predicted molar refractivity (Wildman–Crippen MR) is 136 cm³/mol. The molecule has 0 aliphatic heterocycles. The lowest BCUT2D eigenvalue weighted by Crippen LogP contribution is -2.28. The lowest BCUT2D eigenvalue weighted by atomic mass is 10.0. The van der Waals surface area contributed by atoms with Crippen LogP contribution >= 0.6 is 27.7 Å². The van der Waals surface area contributed by atoms with Crippen LogP contribution in [0.5, 0.6) is 0 Å². The molecule has 0 aliphatic carbocycles. The Balaban J connectivity index is 1.61. The number of anilines is 1. The number of carbonyl (C=O) groups is 2. The summed E-state index contributed by atoms with van der Waals surface area (Å²) in [6, 6.07) is 12.9. The van der Waals surface area contributed by atoms with Crippen molar-refractivity contribution in [2.75, 3.05) is 11.1 Å². The van der Waals surface area contributed by atoms with Crippen molar-refractivity contribution in [1.82, 2.24) is 20.1 Å². The fourth-order valence-electron chi connectivity index (χ4n) is 3.40. The molecular weight excluding hydrogens is 502 g/mol. The Hall–Kier alpha value is -2.65. The zero-order valence-electron chi connectivity index (χ0n) is 19.3. The summed E-state index contributed by atoms with van der Waals surface area (Å²) in [5.41, 5.74) is 3.50. The summed E-state index contributed by atoms with van der Waals surface area (Å²) >= 11 is 4.79. The molecule has 7 nitrogen and oxygen atoms in total. The smallest absolute Gasteiger partial charge is 0.251 e. The number of aromatic nitrogens is 3. The summed E-state index contributed by atoms with van der Waals surface area (Å²) in [4.78, 5) is 25.1. The number of halogens is 1. The number of benzene rings is 2. The van der Waals surface area contributed by atoms with E-state index < -0.39 is 0 Å². The van der Waals surface area contributed by atoms with Gasteiger partial charge in [-0.3, -0.25) is 9.59 Å². The Labute approximate surface area is 206 Å². The molecule has 0 radical (unpaired) electrons. The SMILES string of the molecule is Cc1cccc(C(=O)N[C@H](C)c2nnc(SCC(=O)Nc3ccc(Br)cc3C(C)C)n2C)c1. The first-order valence-electron chi connectivity index (χ1n) is 10.6. The van der Waals surface area contributed by atoms with Crippen molar-refractivity contribution in [3.8, 4) is 0 Å². The van der Waals surface area contributed by atoms with E-state index in [1.165, 1.54) is 11.8 Å². The average molecular weight is 530 g/mol. The summed E-state index contributed by atoms with van der Waals surface area (Å²) in [6.45, 7) is 7.99. The topological polar surface area (TPSA) is 88.9 Å². The van der Waals surface area contributed by atoms with Crippen LogP contribution in [-0.4, -0.2) is 32.3 Å². The van der Waals surface area contributed by atoms with Crippen LogP contribution in [0.25, 0.3) is 0 Å². The van der Waals surface area contributed by atoms with E-state index in [9.17, 15) is 9.59 Å². The van der Waals surface area contributed by atoms with Gasteiger partial charge >= 0.3 is 0 Å². The van der Waals surface area contributed by atoms with E-state index in [-0.39, 0.29) is 29.5 Å². The minimum absolute atomic E-state index is 0.116. The van der Waals surface area contributed by atoms with Gasteiger partial charge in [0.1, 0.15) is 0 Å². The van der Waals surface area contributed by atoms with Crippen LogP contribution in [0, 0.1) is 6.92 Å². The van der Waals surface area contributed by atoms with Gasteiger partial charge in [0.25, 0.3) is 5.91 Å². The van der Waals surface area contributed by atoms with E-state index in [1.807, 2.05) is 57.3 Å². The van der Waals surface area contributed by atoms with E-state index in [0.717, 1.165) is 21.3 Å². The van der Waals surface area contributed by atoms with Gasteiger partial charge in [0.2, 0.25) is 5.91 Å². The van der Waals surface area contributed by atoms with Gasteiger partial charge in [-0.05, 0) is 55.7 Å². The second kappa shape index (κ2) is 11.0. The summed E-state index contributed by atoms with van der Waals surface area (Å²) in [5.74, 6) is 0.814. The number of hydrogen-bond acceptors (Lipinski definition) is 5. The van der Waals surface area contributed by atoms with Crippen molar-refractivity contribution in [3.05, 3.63) is 69.5 Å². The first-order chi connectivity index (χ1) is 15.7. The molecule has 0 saturated heterocycles. The molecule has 1 heterocycles. The number of hydrogen-bond donors (Lipinski definition) is 2. The summed E-state index contributed by atoms with van der Waals surface area (Å²) in [5, 5.41) is 15.0. The van der Waals surface area contributed by atoms with Crippen LogP contribution in [0.3, 0.4) is 0 Å². The minimum atomic E-state index is -0.338. The highest BCUT2D eigenvalue weighted by molar-refractivity contribution is 9.10. The molecule has 174 valence electrons. The second-order valence-electron chi connectivity index (χ2n) is 8.19. The third-order valence-electron chi connectivity index (χ3n) is 5.13. The van der Waals surface area contributed by atoms with Crippen molar-refractivity contribution in [2.45, 2.75) is 44.8 Å². The molecule has 0 saturated carbocycles. The second-order valence-corrected chi connectivity index (χ2v) is 10.0. The molecule has 0 fully saturated rings. The lowest BCUT2D eigenvalue weighted by Gasteiger charge is -2.15. The van der Waals surface area contributed by atoms with Crippen molar-refractivity contribution >= 4 is 45.2 Å². The number of nitrogens with zero attached hydrogens (tertiary/aromatic N) is 3. The third kappa shape index (κ3) is 6.45. The van der Waals surface area contributed by atoms with E-state index in [4.69, 9.17) is 0 Å². The Bertz CT molecular complexity index is 1160. The Morgan fingerprint density at radius 3 is 2.58 bits per heavy atom. The highest BCUT2D eigenvalue weighted by Crippen LogP contribution is 2.28. The molecule has 2 amide bonds. The van der Waals surface area contributed by atoms with E-state index >= 15 is 0 Å². The molecule has 9 heteroatoms. The monoisotopic (exact) mass is 529 g/mol. The molecule has 2 aromatic carbocycles. The maximum absolute atomic E-state index is 12.6.